The summed E-state index contributed by atoms with van der Waals surface area (Å²) in [5.41, 5.74) is 6.15. The third-order valence-electron chi connectivity index (χ3n) is 6.31. The standard InChI is InChI=1S/C19H32F2N8O2/c1-31-7-6-27-2-4-28(5-3-27)16-13(21)9-23-10-14(16)25-19(30)15-17(22)26-29-11-12(20)8-24-18(15)29/h12-14,16,23-24H,2-11H2,1H3,(H2,22,26)(H,25,30). The summed E-state index contributed by atoms with van der Waals surface area (Å²) >= 11 is 0. The maximum atomic E-state index is 15.0. The van der Waals surface area contributed by atoms with Crippen LogP contribution in [-0.2, 0) is 11.3 Å². The number of fused-ring (bicyclic) bond motifs is 1. The highest BCUT2D eigenvalue weighted by Crippen LogP contribution is 2.26. The van der Waals surface area contributed by atoms with E-state index in [1.54, 1.807) is 7.11 Å². The number of carbonyl (C=O) groups is 1. The number of nitrogen functional groups attached to an aromatic ring is 1. The summed E-state index contributed by atoms with van der Waals surface area (Å²) in [6.45, 7) is 5.51. The van der Waals surface area contributed by atoms with Crippen LogP contribution in [0.5, 0.6) is 0 Å². The van der Waals surface area contributed by atoms with Gasteiger partial charge in [-0.3, -0.25) is 14.6 Å². The first-order valence-corrected chi connectivity index (χ1v) is 10.8. The molecule has 31 heavy (non-hydrogen) atoms. The molecule has 4 heterocycles. The Morgan fingerprint density at radius 1 is 1.26 bits per heavy atom. The third-order valence-corrected chi connectivity index (χ3v) is 6.31. The molecule has 2 fully saturated rings. The number of ether oxygens (including phenoxy) is 1. The van der Waals surface area contributed by atoms with E-state index in [1.807, 2.05) is 0 Å². The number of nitrogens with one attached hydrogen (secondary N) is 3. The van der Waals surface area contributed by atoms with Crippen LogP contribution in [0.25, 0.3) is 0 Å². The van der Waals surface area contributed by atoms with E-state index in [4.69, 9.17) is 10.5 Å². The number of nitrogens with zero attached hydrogens (tertiary/aromatic N) is 4. The Morgan fingerprint density at radius 3 is 2.77 bits per heavy atom. The van der Waals surface area contributed by atoms with E-state index in [-0.39, 0.29) is 31.0 Å². The Kier molecular flexibility index (Phi) is 6.89. The van der Waals surface area contributed by atoms with Gasteiger partial charge in [0.05, 0.1) is 25.2 Å². The van der Waals surface area contributed by atoms with Crippen LogP contribution in [-0.4, -0.2) is 116 Å². The number of halogens is 2. The van der Waals surface area contributed by atoms with Gasteiger partial charge in [-0.15, -0.1) is 0 Å². The van der Waals surface area contributed by atoms with Gasteiger partial charge in [0, 0.05) is 59.5 Å². The predicted molar refractivity (Wildman–Crippen MR) is 113 cm³/mol. The molecule has 0 aliphatic carbocycles. The number of anilines is 2. The molecule has 0 saturated carbocycles. The number of nitrogens with two attached hydrogens (primary N) is 1. The minimum Gasteiger partial charge on any atom is -0.383 e. The lowest BCUT2D eigenvalue weighted by atomic mass is 9.96. The largest absolute Gasteiger partial charge is 0.383 e. The molecule has 1 aromatic rings. The van der Waals surface area contributed by atoms with E-state index in [1.165, 1.54) is 4.68 Å². The van der Waals surface area contributed by atoms with Gasteiger partial charge in [0.1, 0.15) is 23.7 Å². The average molecular weight is 443 g/mol. The molecule has 10 nitrogen and oxygen atoms in total. The van der Waals surface area contributed by atoms with Crippen LogP contribution in [0.2, 0.25) is 0 Å². The Morgan fingerprint density at radius 2 is 2.03 bits per heavy atom. The van der Waals surface area contributed by atoms with Crippen molar-refractivity contribution in [1.82, 2.24) is 30.2 Å². The number of aromatic nitrogens is 2. The van der Waals surface area contributed by atoms with E-state index in [2.05, 4.69) is 30.8 Å². The minimum absolute atomic E-state index is 0.0398. The van der Waals surface area contributed by atoms with E-state index in [0.717, 1.165) is 32.7 Å². The van der Waals surface area contributed by atoms with E-state index >= 15 is 0 Å². The van der Waals surface area contributed by atoms with Gasteiger partial charge in [-0.25, -0.2) is 13.5 Å². The zero-order chi connectivity index (χ0) is 22.0. The van der Waals surface area contributed by atoms with Crippen molar-refractivity contribution in [3.8, 4) is 0 Å². The molecule has 5 N–H and O–H groups in total. The molecule has 1 aromatic heterocycles. The van der Waals surface area contributed by atoms with Crippen molar-refractivity contribution in [2.45, 2.75) is 31.0 Å². The molecule has 12 heteroatoms. The van der Waals surface area contributed by atoms with Crippen LogP contribution in [0.3, 0.4) is 0 Å². The second-order valence-electron chi connectivity index (χ2n) is 8.38. The fourth-order valence-electron chi connectivity index (χ4n) is 4.71. The highest BCUT2D eigenvalue weighted by molar-refractivity contribution is 6.03. The Balaban J connectivity index is 1.44. The molecule has 4 unspecified atom stereocenters. The molecule has 0 spiro atoms. The zero-order valence-electron chi connectivity index (χ0n) is 17.8. The molecule has 3 aliphatic rings. The van der Waals surface area contributed by atoms with Gasteiger partial charge < -0.3 is 26.4 Å². The molecule has 1 amide bonds. The Bertz CT molecular complexity index is 770. The number of rotatable bonds is 6. The molecule has 0 radical (unpaired) electrons. The van der Waals surface area contributed by atoms with Crippen molar-refractivity contribution in [3.05, 3.63) is 5.56 Å². The van der Waals surface area contributed by atoms with Crippen molar-refractivity contribution in [2.24, 2.45) is 0 Å². The first-order valence-electron chi connectivity index (χ1n) is 10.8. The zero-order valence-corrected chi connectivity index (χ0v) is 17.8. The van der Waals surface area contributed by atoms with E-state index in [0.29, 0.717) is 19.0 Å². The number of carbonyl (C=O) groups excluding carboxylic acids is 1. The van der Waals surface area contributed by atoms with Crippen molar-refractivity contribution >= 4 is 17.5 Å². The lowest BCUT2D eigenvalue weighted by Crippen LogP contribution is -2.67. The Labute approximate surface area is 180 Å². The summed E-state index contributed by atoms with van der Waals surface area (Å²) in [6, 6.07) is -0.847. The number of amides is 1. The number of piperidine rings is 1. The van der Waals surface area contributed by atoms with E-state index < -0.39 is 30.3 Å². The quantitative estimate of drug-likeness (QED) is 0.439. The lowest BCUT2D eigenvalue weighted by Gasteiger charge is -2.45. The molecular weight excluding hydrogens is 410 g/mol. The monoisotopic (exact) mass is 442 g/mol. The number of alkyl halides is 2. The maximum Gasteiger partial charge on any atom is 0.259 e. The summed E-state index contributed by atoms with van der Waals surface area (Å²) in [4.78, 5) is 17.5. The molecule has 0 bridgehead atoms. The SMILES string of the molecule is COCCN1CCN(C2C(F)CNCC2NC(=O)c2c(N)nn3c2NCC(F)C3)CC1. The van der Waals surface area contributed by atoms with Gasteiger partial charge in [0.25, 0.3) is 5.91 Å². The van der Waals surface area contributed by atoms with Crippen LogP contribution >= 0.6 is 0 Å². The maximum absolute atomic E-state index is 15.0. The second kappa shape index (κ2) is 9.63. The molecule has 0 aromatic carbocycles. The van der Waals surface area contributed by atoms with Gasteiger partial charge in [0.15, 0.2) is 5.82 Å². The summed E-state index contributed by atoms with van der Waals surface area (Å²) in [7, 11) is 1.68. The topological polar surface area (TPSA) is 113 Å². The summed E-state index contributed by atoms with van der Waals surface area (Å²) in [6.07, 6.45) is -2.20. The third kappa shape index (κ3) is 4.76. The highest BCUT2D eigenvalue weighted by Gasteiger charge is 2.40. The van der Waals surface area contributed by atoms with Gasteiger partial charge in [0.2, 0.25) is 0 Å². The first-order chi connectivity index (χ1) is 15.0. The van der Waals surface area contributed by atoms with Gasteiger partial charge in [-0.05, 0) is 0 Å². The Hall–Kier alpha value is -2.02. The summed E-state index contributed by atoms with van der Waals surface area (Å²) < 4.78 is 35.2. The molecule has 3 aliphatic heterocycles. The number of piperazine rings is 1. The molecule has 4 rings (SSSR count). The van der Waals surface area contributed by atoms with Crippen molar-refractivity contribution < 1.29 is 18.3 Å². The van der Waals surface area contributed by atoms with Crippen LogP contribution in [0.1, 0.15) is 10.4 Å². The smallest absolute Gasteiger partial charge is 0.259 e. The van der Waals surface area contributed by atoms with Gasteiger partial charge in [-0.1, -0.05) is 0 Å². The van der Waals surface area contributed by atoms with Crippen molar-refractivity contribution in [2.75, 3.05) is 77.1 Å². The molecular formula is C19H32F2N8O2. The number of hydrogen-bond acceptors (Lipinski definition) is 8. The average Bonchev–Trinajstić information content (AvgIpc) is 3.07. The molecule has 2 saturated heterocycles. The fraction of sp³-hybridized carbons (Fsp3) is 0.789. The second-order valence-corrected chi connectivity index (χ2v) is 8.38. The number of hydrogen-bond donors (Lipinski definition) is 4. The first kappa shape index (κ1) is 22.2. The van der Waals surface area contributed by atoms with Crippen LogP contribution in [0.15, 0.2) is 0 Å². The van der Waals surface area contributed by atoms with Crippen LogP contribution in [0.4, 0.5) is 20.4 Å². The van der Waals surface area contributed by atoms with Gasteiger partial charge >= 0.3 is 0 Å². The summed E-state index contributed by atoms with van der Waals surface area (Å²) in [5.74, 6) is 0.0268. The van der Waals surface area contributed by atoms with Crippen LogP contribution in [0, 0.1) is 0 Å². The lowest BCUT2D eigenvalue weighted by molar-refractivity contribution is 0.0171. The van der Waals surface area contributed by atoms with Crippen LogP contribution < -0.4 is 21.7 Å². The minimum atomic E-state index is -1.10. The van der Waals surface area contributed by atoms with Gasteiger partial charge in [-0.2, -0.15) is 5.10 Å². The van der Waals surface area contributed by atoms with E-state index in [9.17, 15) is 13.6 Å². The number of methoxy groups -OCH3 is 1. The predicted octanol–water partition coefficient (Wildman–Crippen LogP) is -1.10. The van der Waals surface area contributed by atoms with Crippen molar-refractivity contribution in [1.29, 1.82) is 0 Å². The molecule has 4 atom stereocenters. The highest BCUT2D eigenvalue weighted by atomic mass is 19.1. The summed E-state index contributed by atoms with van der Waals surface area (Å²) in [5, 5.41) is 13.0. The fourth-order valence-corrected chi connectivity index (χ4v) is 4.71. The normalized spacial score (nSPS) is 29.9. The molecule has 174 valence electrons. The van der Waals surface area contributed by atoms with Crippen molar-refractivity contribution in [3.63, 3.8) is 0 Å².